The smallest absolute Gasteiger partial charge is 0.311 e. The zero-order valence-electron chi connectivity index (χ0n) is 10.4. The first-order valence-corrected chi connectivity index (χ1v) is 5.33. The van der Waals surface area contributed by atoms with E-state index in [1.807, 2.05) is 0 Å². The quantitative estimate of drug-likeness (QED) is 0.743. The van der Waals surface area contributed by atoms with Crippen LogP contribution in [-0.2, 0) is 16.1 Å². The number of carbonyl (C=O) groups excluding carboxylic acids is 1. The van der Waals surface area contributed by atoms with E-state index in [2.05, 4.69) is 0 Å². The van der Waals surface area contributed by atoms with E-state index in [0.29, 0.717) is 0 Å². The van der Waals surface area contributed by atoms with Crippen molar-refractivity contribution in [1.82, 2.24) is 0 Å². The maximum absolute atomic E-state index is 13.4. The lowest BCUT2D eigenvalue weighted by molar-refractivity contribution is -0.154. The summed E-state index contributed by atoms with van der Waals surface area (Å²) in [5.41, 5.74) is -0.376. The molecule has 0 aliphatic carbocycles. The standard InChI is InChI=1S/C13H16F2O2/c1-8-5-11(15)9(6-10(8)14)7-17-12(16)13(2,3)4/h5-6H,7H2,1-4H3. The normalized spacial score (nSPS) is 11.4. The van der Waals surface area contributed by atoms with Gasteiger partial charge in [0, 0.05) is 5.56 Å². The van der Waals surface area contributed by atoms with Gasteiger partial charge in [0.25, 0.3) is 0 Å². The Morgan fingerprint density at radius 3 is 2.35 bits per heavy atom. The number of hydrogen-bond acceptors (Lipinski definition) is 2. The van der Waals surface area contributed by atoms with Crippen molar-refractivity contribution in [2.75, 3.05) is 0 Å². The minimum atomic E-state index is -0.653. The van der Waals surface area contributed by atoms with E-state index >= 15 is 0 Å². The van der Waals surface area contributed by atoms with Crippen LogP contribution in [0.25, 0.3) is 0 Å². The highest BCUT2D eigenvalue weighted by atomic mass is 19.1. The van der Waals surface area contributed by atoms with Crippen LogP contribution in [0.5, 0.6) is 0 Å². The summed E-state index contributed by atoms with van der Waals surface area (Å²) in [6.45, 7) is 6.31. The Labute approximate surface area is 99.6 Å². The second-order valence-corrected chi connectivity index (χ2v) is 5.02. The van der Waals surface area contributed by atoms with Crippen LogP contribution < -0.4 is 0 Å². The summed E-state index contributed by atoms with van der Waals surface area (Å²) >= 11 is 0. The molecular formula is C13H16F2O2. The predicted octanol–water partition coefficient (Wildman–Crippen LogP) is 3.36. The third-order valence-corrected chi connectivity index (χ3v) is 2.30. The lowest BCUT2D eigenvalue weighted by atomic mass is 9.97. The van der Waals surface area contributed by atoms with E-state index < -0.39 is 23.0 Å². The van der Waals surface area contributed by atoms with Gasteiger partial charge in [-0.2, -0.15) is 0 Å². The van der Waals surface area contributed by atoms with Crippen LogP contribution in [0.2, 0.25) is 0 Å². The molecule has 0 bridgehead atoms. The first-order valence-electron chi connectivity index (χ1n) is 5.33. The highest BCUT2D eigenvalue weighted by Crippen LogP contribution is 2.19. The molecule has 94 valence electrons. The molecule has 2 nitrogen and oxygen atoms in total. The van der Waals surface area contributed by atoms with Gasteiger partial charge in [-0.3, -0.25) is 4.79 Å². The van der Waals surface area contributed by atoms with Gasteiger partial charge in [-0.1, -0.05) is 0 Å². The van der Waals surface area contributed by atoms with Crippen LogP contribution in [0.4, 0.5) is 8.78 Å². The molecule has 0 unspecified atom stereocenters. The number of esters is 1. The fourth-order valence-corrected chi connectivity index (χ4v) is 1.16. The van der Waals surface area contributed by atoms with E-state index in [1.54, 1.807) is 20.8 Å². The van der Waals surface area contributed by atoms with Crippen LogP contribution in [0, 0.1) is 24.0 Å². The number of benzene rings is 1. The second kappa shape index (κ2) is 4.82. The van der Waals surface area contributed by atoms with Gasteiger partial charge in [-0.25, -0.2) is 8.78 Å². The maximum atomic E-state index is 13.4. The lowest BCUT2D eigenvalue weighted by Gasteiger charge is -2.16. The Hall–Kier alpha value is -1.45. The van der Waals surface area contributed by atoms with Crippen molar-refractivity contribution < 1.29 is 18.3 Å². The molecule has 0 N–H and O–H groups in total. The van der Waals surface area contributed by atoms with Gasteiger partial charge in [0.15, 0.2) is 0 Å². The SMILES string of the molecule is Cc1cc(F)c(COC(=O)C(C)(C)C)cc1F. The van der Waals surface area contributed by atoms with Gasteiger partial charge < -0.3 is 4.74 Å². The Morgan fingerprint density at radius 1 is 1.24 bits per heavy atom. The van der Waals surface area contributed by atoms with Gasteiger partial charge >= 0.3 is 5.97 Å². The molecule has 0 atom stereocenters. The van der Waals surface area contributed by atoms with Crippen molar-refractivity contribution in [3.8, 4) is 0 Å². The van der Waals surface area contributed by atoms with Crippen molar-refractivity contribution in [3.05, 3.63) is 34.9 Å². The zero-order chi connectivity index (χ0) is 13.2. The number of rotatable bonds is 2. The second-order valence-electron chi connectivity index (χ2n) is 5.02. The summed E-state index contributed by atoms with van der Waals surface area (Å²) in [6.07, 6.45) is 0. The zero-order valence-corrected chi connectivity index (χ0v) is 10.4. The number of hydrogen-bond donors (Lipinski definition) is 0. The van der Waals surface area contributed by atoms with Crippen LogP contribution in [0.15, 0.2) is 12.1 Å². The van der Waals surface area contributed by atoms with E-state index in [9.17, 15) is 13.6 Å². The van der Waals surface area contributed by atoms with Crippen molar-refractivity contribution in [1.29, 1.82) is 0 Å². The fraction of sp³-hybridized carbons (Fsp3) is 0.462. The Kier molecular flexibility index (Phi) is 3.86. The molecule has 0 radical (unpaired) electrons. The van der Waals surface area contributed by atoms with Gasteiger partial charge in [0.1, 0.15) is 18.2 Å². The fourth-order valence-electron chi connectivity index (χ4n) is 1.16. The molecule has 1 aromatic carbocycles. The highest BCUT2D eigenvalue weighted by molar-refractivity contribution is 5.75. The molecule has 0 amide bonds. The van der Waals surface area contributed by atoms with Crippen molar-refractivity contribution in [2.24, 2.45) is 5.41 Å². The number of halogens is 2. The van der Waals surface area contributed by atoms with E-state index in [1.165, 1.54) is 6.92 Å². The molecule has 1 rings (SSSR count). The summed E-state index contributed by atoms with van der Waals surface area (Å²) in [7, 11) is 0. The van der Waals surface area contributed by atoms with Crippen molar-refractivity contribution in [3.63, 3.8) is 0 Å². The van der Waals surface area contributed by atoms with E-state index in [-0.39, 0.29) is 17.7 Å². The summed E-state index contributed by atoms with van der Waals surface area (Å²) in [5.74, 6) is -1.52. The molecule has 0 heterocycles. The Balaban J connectivity index is 2.77. The van der Waals surface area contributed by atoms with E-state index in [0.717, 1.165) is 12.1 Å². The molecule has 17 heavy (non-hydrogen) atoms. The van der Waals surface area contributed by atoms with Gasteiger partial charge in [-0.05, 0) is 45.4 Å². The average molecular weight is 242 g/mol. The van der Waals surface area contributed by atoms with E-state index in [4.69, 9.17) is 4.74 Å². The molecule has 0 saturated heterocycles. The Bertz CT molecular complexity index is 434. The van der Waals surface area contributed by atoms with Crippen LogP contribution >= 0.6 is 0 Å². The lowest BCUT2D eigenvalue weighted by Crippen LogP contribution is -2.22. The summed E-state index contributed by atoms with van der Waals surface area (Å²) in [5, 5.41) is 0. The summed E-state index contributed by atoms with van der Waals surface area (Å²) < 4.78 is 31.6. The van der Waals surface area contributed by atoms with Crippen LogP contribution in [0.3, 0.4) is 0 Å². The van der Waals surface area contributed by atoms with Gasteiger partial charge in [0.05, 0.1) is 5.41 Å². The number of ether oxygens (including phenoxy) is 1. The third kappa shape index (κ3) is 3.51. The monoisotopic (exact) mass is 242 g/mol. The minimum Gasteiger partial charge on any atom is -0.460 e. The molecule has 4 heteroatoms. The predicted molar refractivity (Wildman–Crippen MR) is 60.3 cm³/mol. The highest BCUT2D eigenvalue weighted by Gasteiger charge is 2.23. The van der Waals surface area contributed by atoms with Crippen LogP contribution in [-0.4, -0.2) is 5.97 Å². The number of carbonyl (C=O) groups is 1. The number of aryl methyl sites for hydroxylation is 1. The van der Waals surface area contributed by atoms with Crippen molar-refractivity contribution in [2.45, 2.75) is 34.3 Å². The maximum Gasteiger partial charge on any atom is 0.311 e. The van der Waals surface area contributed by atoms with Gasteiger partial charge in [0.2, 0.25) is 0 Å². The first-order chi connectivity index (χ1) is 7.71. The van der Waals surface area contributed by atoms with Crippen molar-refractivity contribution >= 4 is 5.97 Å². The average Bonchev–Trinajstić information content (AvgIpc) is 2.19. The molecule has 0 spiro atoms. The first kappa shape index (κ1) is 13.6. The topological polar surface area (TPSA) is 26.3 Å². The third-order valence-electron chi connectivity index (χ3n) is 2.30. The van der Waals surface area contributed by atoms with Gasteiger partial charge in [-0.15, -0.1) is 0 Å². The summed E-state index contributed by atoms with van der Waals surface area (Å²) in [6, 6.07) is 2.15. The largest absolute Gasteiger partial charge is 0.460 e. The Morgan fingerprint density at radius 2 is 1.82 bits per heavy atom. The minimum absolute atomic E-state index is 0.0469. The molecule has 0 saturated carbocycles. The molecule has 0 aliphatic rings. The molecule has 0 aromatic heterocycles. The summed E-state index contributed by atoms with van der Waals surface area (Å²) in [4.78, 5) is 11.5. The molecular weight excluding hydrogens is 226 g/mol. The molecule has 1 aromatic rings. The van der Waals surface area contributed by atoms with Crippen LogP contribution in [0.1, 0.15) is 31.9 Å². The molecule has 0 fully saturated rings. The molecule has 0 aliphatic heterocycles.